The van der Waals surface area contributed by atoms with Crippen molar-refractivity contribution in [1.29, 1.82) is 0 Å². The number of carbonyl (C=O) groups is 1. The maximum atomic E-state index is 12.5. The van der Waals surface area contributed by atoms with Crippen LogP contribution >= 0.6 is 11.6 Å². The second kappa shape index (κ2) is 12.0. The Bertz CT molecular complexity index is 880. The van der Waals surface area contributed by atoms with E-state index < -0.39 is 6.10 Å². The number of amides is 1. The quantitative estimate of drug-likeness (QED) is 0.647. The number of hydrogen-bond acceptors (Lipinski definition) is 5. The van der Waals surface area contributed by atoms with Gasteiger partial charge in [-0.3, -0.25) is 9.69 Å². The molecule has 0 bridgehead atoms. The summed E-state index contributed by atoms with van der Waals surface area (Å²) in [6.07, 6.45) is 2.10. The van der Waals surface area contributed by atoms with E-state index in [0.717, 1.165) is 24.8 Å². The number of hydrogen-bond donors (Lipinski definition) is 2. The van der Waals surface area contributed by atoms with Crippen LogP contribution < -0.4 is 5.32 Å². The fourth-order valence-corrected chi connectivity index (χ4v) is 4.85. The van der Waals surface area contributed by atoms with E-state index in [1.54, 1.807) is 0 Å². The molecule has 2 fully saturated rings. The van der Waals surface area contributed by atoms with Gasteiger partial charge in [0, 0.05) is 30.7 Å². The van der Waals surface area contributed by atoms with Crippen LogP contribution in [-0.2, 0) is 27.2 Å². The number of rotatable bonds is 7. The molecule has 2 heterocycles. The molecular formula is C26H33ClN2O4. The standard InChI is InChI=1S/C26H33ClN2O4/c27-21-8-6-20(7-9-21)15-29-16-22(30)17-32-18-25-24(29)11-10-23(33-25)14-26(31)28-13-12-19-4-2-1-3-5-19/h1-9,22-25,30H,10-18H2,(H,28,31)/t22-,23-,24-,25+/m1/s1. The smallest absolute Gasteiger partial charge is 0.222 e. The van der Waals surface area contributed by atoms with E-state index in [0.29, 0.717) is 37.7 Å². The number of β-amino-alcohol motifs (C(OH)–C–C–N with tert-alkyl or cyclic N) is 1. The highest BCUT2D eigenvalue weighted by Crippen LogP contribution is 2.29. The van der Waals surface area contributed by atoms with Gasteiger partial charge >= 0.3 is 0 Å². The molecular weight excluding hydrogens is 440 g/mol. The van der Waals surface area contributed by atoms with Gasteiger partial charge in [-0.15, -0.1) is 0 Å². The predicted molar refractivity (Wildman–Crippen MR) is 128 cm³/mol. The summed E-state index contributed by atoms with van der Waals surface area (Å²) in [5.41, 5.74) is 2.36. The Kier molecular flexibility index (Phi) is 8.75. The van der Waals surface area contributed by atoms with Gasteiger partial charge in [-0.1, -0.05) is 54.1 Å². The van der Waals surface area contributed by atoms with Gasteiger partial charge in [0.15, 0.2) is 0 Å². The molecule has 2 saturated heterocycles. The maximum Gasteiger partial charge on any atom is 0.222 e. The second-order valence-electron chi connectivity index (χ2n) is 8.98. The van der Waals surface area contributed by atoms with Gasteiger partial charge in [-0.2, -0.15) is 0 Å². The number of carbonyl (C=O) groups excluding carboxylic acids is 1. The minimum Gasteiger partial charge on any atom is -0.389 e. The van der Waals surface area contributed by atoms with Crippen LogP contribution in [0.25, 0.3) is 0 Å². The van der Waals surface area contributed by atoms with Gasteiger partial charge < -0.3 is 19.9 Å². The normalized spacial score (nSPS) is 26.1. The Balaban J connectivity index is 1.30. The minimum absolute atomic E-state index is 0.0228. The van der Waals surface area contributed by atoms with Crippen LogP contribution in [0.3, 0.4) is 0 Å². The summed E-state index contributed by atoms with van der Waals surface area (Å²) in [7, 11) is 0. The van der Waals surface area contributed by atoms with Crippen LogP contribution in [0.2, 0.25) is 5.02 Å². The molecule has 0 unspecified atom stereocenters. The van der Waals surface area contributed by atoms with E-state index in [1.807, 2.05) is 42.5 Å². The first-order valence-corrected chi connectivity index (χ1v) is 12.1. The summed E-state index contributed by atoms with van der Waals surface area (Å²) in [4.78, 5) is 14.8. The van der Waals surface area contributed by atoms with E-state index >= 15 is 0 Å². The third-order valence-electron chi connectivity index (χ3n) is 6.38. The monoisotopic (exact) mass is 472 g/mol. The third kappa shape index (κ3) is 7.26. The lowest BCUT2D eigenvalue weighted by molar-refractivity contribution is -0.158. The lowest BCUT2D eigenvalue weighted by Gasteiger charge is -2.44. The lowest BCUT2D eigenvalue weighted by Crippen LogP contribution is -2.55. The molecule has 0 spiro atoms. The number of fused-ring (bicyclic) bond motifs is 1. The van der Waals surface area contributed by atoms with Crippen molar-refractivity contribution in [2.45, 2.75) is 56.6 Å². The zero-order valence-corrected chi connectivity index (χ0v) is 19.6. The molecule has 2 aliphatic rings. The molecule has 4 rings (SSSR count). The summed E-state index contributed by atoms with van der Waals surface area (Å²) in [6.45, 7) is 2.57. The highest BCUT2D eigenvalue weighted by molar-refractivity contribution is 6.30. The highest BCUT2D eigenvalue weighted by atomic mass is 35.5. The maximum absolute atomic E-state index is 12.5. The molecule has 2 aromatic carbocycles. The Morgan fingerprint density at radius 3 is 2.64 bits per heavy atom. The summed E-state index contributed by atoms with van der Waals surface area (Å²) >= 11 is 6.03. The molecule has 7 heteroatoms. The average molecular weight is 473 g/mol. The van der Waals surface area contributed by atoms with E-state index in [-0.39, 0.29) is 30.8 Å². The second-order valence-corrected chi connectivity index (χ2v) is 9.41. The number of aliphatic hydroxyl groups excluding tert-OH is 1. The van der Waals surface area contributed by atoms with Gasteiger partial charge in [0.05, 0.1) is 37.9 Å². The Labute approximate surface area is 200 Å². The average Bonchev–Trinajstić information content (AvgIpc) is 2.80. The van der Waals surface area contributed by atoms with Gasteiger partial charge in [0.1, 0.15) is 0 Å². The Hall–Kier alpha value is -1.96. The summed E-state index contributed by atoms with van der Waals surface area (Å²) < 4.78 is 12.1. The molecule has 178 valence electrons. The van der Waals surface area contributed by atoms with Gasteiger partial charge in [-0.25, -0.2) is 0 Å². The Morgan fingerprint density at radius 2 is 1.85 bits per heavy atom. The predicted octanol–water partition coefficient (Wildman–Crippen LogP) is 3.20. The van der Waals surface area contributed by atoms with Crippen LogP contribution in [0.15, 0.2) is 54.6 Å². The fraction of sp³-hybridized carbons (Fsp3) is 0.500. The van der Waals surface area contributed by atoms with Crippen LogP contribution in [0, 0.1) is 0 Å². The van der Waals surface area contributed by atoms with Crippen molar-refractivity contribution in [3.63, 3.8) is 0 Å². The lowest BCUT2D eigenvalue weighted by atomic mass is 9.94. The molecule has 2 aromatic rings. The molecule has 1 amide bonds. The molecule has 2 N–H and O–H groups in total. The zero-order valence-electron chi connectivity index (χ0n) is 18.9. The van der Waals surface area contributed by atoms with Gasteiger partial charge in [0.2, 0.25) is 5.91 Å². The van der Waals surface area contributed by atoms with Crippen molar-refractivity contribution in [3.05, 3.63) is 70.7 Å². The topological polar surface area (TPSA) is 71.0 Å². The van der Waals surface area contributed by atoms with E-state index in [4.69, 9.17) is 21.1 Å². The molecule has 0 radical (unpaired) electrons. The molecule has 33 heavy (non-hydrogen) atoms. The minimum atomic E-state index is -0.536. The number of aliphatic hydroxyl groups is 1. The highest BCUT2D eigenvalue weighted by Gasteiger charge is 2.38. The molecule has 0 aromatic heterocycles. The third-order valence-corrected chi connectivity index (χ3v) is 6.63. The van der Waals surface area contributed by atoms with Crippen LogP contribution in [0.5, 0.6) is 0 Å². The number of nitrogens with one attached hydrogen (secondary N) is 1. The van der Waals surface area contributed by atoms with E-state index in [9.17, 15) is 9.90 Å². The number of nitrogens with zero attached hydrogens (tertiary/aromatic N) is 1. The summed E-state index contributed by atoms with van der Waals surface area (Å²) in [5.74, 6) is 0.0228. The number of ether oxygens (including phenoxy) is 2. The first-order chi connectivity index (χ1) is 16.1. The van der Waals surface area contributed by atoms with E-state index in [1.165, 1.54) is 5.56 Å². The molecule has 0 saturated carbocycles. The molecule has 0 aliphatic carbocycles. The van der Waals surface area contributed by atoms with E-state index in [2.05, 4.69) is 22.3 Å². The van der Waals surface area contributed by atoms with Crippen molar-refractivity contribution < 1.29 is 19.4 Å². The van der Waals surface area contributed by atoms with Crippen molar-refractivity contribution >= 4 is 17.5 Å². The number of halogens is 1. The van der Waals surface area contributed by atoms with Gasteiger partial charge in [0.25, 0.3) is 0 Å². The Morgan fingerprint density at radius 1 is 1.06 bits per heavy atom. The van der Waals surface area contributed by atoms with Crippen LogP contribution in [0.4, 0.5) is 0 Å². The fourth-order valence-electron chi connectivity index (χ4n) is 4.72. The molecule has 6 nitrogen and oxygen atoms in total. The van der Waals surface area contributed by atoms with Crippen LogP contribution in [0.1, 0.15) is 30.4 Å². The SMILES string of the molecule is O=C(C[C@H]1CC[C@@H]2[C@H](COC[C@H](O)CN2Cc2ccc(Cl)cc2)O1)NCCc1ccccc1. The summed E-state index contributed by atoms with van der Waals surface area (Å²) in [5, 5.41) is 14.1. The van der Waals surface area contributed by atoms with Gasteiger partial charge in [-0.05, 0) is 42.5 Å². The molecule has 4 atom stereocenters. The number of benzene rings is 2. The first-order valence-electron chi connectivity index (χ1n) is 11.8. The van der Waals surface area contributed by atoms with Crippen molar-refractivity contribution in [2.75, 3.05) is 26.3 Å². The van der Waals surface area contributed by atoms with Crippen molar-refractivity contribution in [3.8, 4) is 0 Å². The van der Waals surface area contributed by atoms with Crippen molar-refractivity contribution in [2.24, 2.45) is 0 Å². The molecule has 2 aliphatic heterocycles. The summed E-state index contributed by atoms with van der Waals surface area (Å²) in [6, 6.07) is 18.1. The zero-order chi connectivity index (χ0) is 23.0. The largest absolute Gasteiger partial charge is 0.389 e. The van der Waals surface area contributed by atoms with Crippen molar-refractivity contribution in [1.82, 2.24) is 10.2 Å². The first kappa shape index (κ1) is 24.2. The van der Waals surface area contributed by atoms with Crippen LogP contribution in [-0.4, -0.2) is 66.6 Å².